The molecule has 1 aliphatic rings. The average Bonchev–Trinajstić information content (AvgIpc) is 2.50. The van der Waals surface area contributed by atoms with Gasteiger partial charge in [-0.3, -0.25) is 0 Å². The van der Waals surface area contributed by atoms with Crippen molar-refractivity contribution in [2.45, 2.75) is 56.9 Å². The molecule has 132 valence electrons. The van der Waals surface area contributed by atoms with Crippen molar-refractivity contribution < 1.29 is 8.42 Å². The van der Waals surface area contributed by atoms with E-state index in [2.05, 4.69) is 23.5 Å². The van der Waals surface area contributed by atoms with Crippen molar-refractivity contribution in [1.82, 2.24) is 9.62 Å². The molecule has 0 atom stereocenters. The molecule has 0 spiro atoms. The number of hydrogen-bond acceptors (Lipinski definition) is 3. The van der Waals surface area contributed by atoms with Gasteiger partial charge in [0.15, 0.2) is 0 Å². The number of nitrogens with one attached hydrogen (secondary N) is 1. The second-order valence-corrected chi connectivity index (χ2v) is 7.85. The van der Waals surface area contributed by atoms with Crippen LogP contribution in [0.5, 0.6) is 0 Å². The van der Waals surface area contributed by atoms with Crippen molar-refractivity contribution in [3.05, 3.63) is 29.8 Å². The van der Waals surface area contributed by atoms with E-state index in [1.807, 2.05) is 12.1 Å². The Bertz CT molecular complexity index is 552. The van der Waals surface area contributed by atoms with Crippen molar-refractivity contribution >= 4 is 22.4 Å². The second kappa shape index (κ2) is 9.62. The summed E-state index contributed by atoms with van der Waals surface area (Å²) in [5.41, 5.74) is 1.19. The highest BCUT2D eigenvalue weighted by Gasteiger charge is 2.24. The molecule has 0 unspecified atom stereocenters. The molecule has 4 nitrogen and oxygen atoms in total. The van der Waals surface area contributed by atoms with E-state index in [0.29, 0.717) is 4.90 Å². The van der Waals surface area contributed by atoms with Crippen LogP contribution in [0, 0.1) is 0 Å². The molecular formula is C17H29ClN2O2S. The molecular weight excluding hydrogens is 332 g/mol. The summed E-state index contributed by atoms with van der Waals surface area (Å²) in [6.45, 7) is 7.37. The molecule has 2 rings (SSSR count). The molecule has 6 heteroatoms. The number of benzene rings is 1. The van der Waals surface area contributed by atoms with Gasteiger partial charge >= 0.3 is 0 Å². The fourth-order valence-electron chi connectivity index (χ4n) is 3.00. The van der Waals surface area contributed by atoms with Gasteiger partial charge in [0.2, 0.25) is 10.0 Å². The molecule has 0 amide bonds. The van der Waals surface area contributed by atoms with Crippen LogP contribution < -0.4 is 4.72 Å². The molecule has 0 aromatic heterocycles. The van der Waals surface area contributed by atoms with Crippen LogP contribution in [0.4, 0.5) is 0 Å². The third-order valence-corrected chi connectivity index (χ3v) is 5.76. The lowest BCUT2D eigenvalue weighted by molar-refractivity contribution is 0.208. The Morgan fingerprint density at radius 2 is 1.70 bits per heavy atom. The lowest BCUT2D eigenvalue weighted by Crippen LogP contribution is -2.44. The van der Waals surface area contributed by atoms with E-state index in [-0.39, 0.29) is 18.4 Å². The molecule has 1 aromatic carbocycles. The van der Waals surface area contributed by atoms with Crippen molar-refractivity contribution in [3.8, 4) is 0 Å². The van der Waals surface area contributed by atoms with Crippen LogP contribution in [0.15, 0.2) is 29.2 Å². The Labute approximate surface area is 147 Å². The maximum absolute atomic E-state index is 12.5. The number of sulfonamides is 1. The Morgan fingerprint density at radius 1 is 1.09 bits per heavy atom. The summed E-state index contributed by atoms with van der Waals surface area (Å²) >= 11 is 0. The lowest BCUT2D eigenvalue weighted by atomic mass is 10.1. The van der Waals surface area contributed by atoms with Crippen LogP contribution in [-0.2, 0) is 16.4 Å². The van der Waals surface area contributed by atoms with Gasteiger partial charge in [-0.05, 0) is 63.0 Å². The van der Waals surface area contributed by atoms with E-state index < -0.39 is 10.0 Å². The number of rotatable bonds is 7. The Kier molecular flexibility index (Phi) is 8.54. The topological polar surface area (TPSA) is 49.4 Å². The second-order valence-electron chi connectivity index (χ2n) is 6.13. The number of aryl methyl sites for hydroxylation is 1. The van der Waals surface area contributed by atoms with Gasteiger partial charge in [0.05, 0.1) is 4.90 Å². The highest BCUT2D eigenvalue weighted by molar-refractivity contribution is 7.89. The summed E-state index contributed by atoms with van der Waals surface area (Å²) in [5, 5.41) is 0. The molecule has 0 radical (unpaired) electrons. The smallest absolute Gasteiger partial charge is 0.240 e. The fraction of sp³-hybridized carbons (Fsp3) is 0.647. The van der Waals surface area contributed by atoms with Gasteiger partial charge in [-0.1, -0.05) is 32.4 Å². The molecule has 0 saturated carbocycles. The summed E-state index contributed by atoms with van der Waals surface area (Å²) in [5.74, 6) is 0. The van der Waals surface area contributed by atoms with Crippen LogP contribution in [-0.4, -0.2) is 39.0 Å². The first-order valence-electron chi connectivity index (χ1n) is 8.38. The van der Waals surface area contributed by atoms with E-state index in [1.54, 1.807) is 12.1 Å². The van der Waals surface area contributed by atoms with Gasteiger partial charge in [0.1, 0.15) is 0 Å². The monoisotopic (exact) mass is 360 g/mol. The number of piperidine rings is 1. The van der Waals surface area contributed by atoms with Crippen LogP contribution in [0.3, 0.4) is 0 Å². The van der Waals surface area contributed by atoms with Crippen LogP contribution in [0.1, 0.15) is 45.1 Å². The van der Waals surface area contributed by atoms with Crippen LogP contribution in [0.2, 0.25) is 0 Å². The zero-order valence-electron chi connectivity index (χ0n) is 14.1. The Balaban J connectivity index is 0.00000264. The highest BCUT2D eigenvalue weighted by atomic mass is 35.5. The van der Waals surface area contributed by atoms with Crippen molar-refractivity contribution in [2.24, 2.45) is 0 Å². The minimum absolute atomic E-state index is 0. The van der Waals surface area contributed by atoms with E-state index in [1.165, 1.54) is 5.56 Å². The predicted octanol–water partition coefficient (Wildman–Crippen LogP) is 3.21. The minimum atomic E-state index is -3.39. The first kappa shape index (κ1) is 20.4. The quantitative estimate of drug-likeness (QED) is 0.812. The summed E-state index contributed by atoms with van der Waals surface area (Å²) < 4.78 is 27.8. The number of likely N-dealkylation sites (tertiary alicyclic amines) is 1. The molecule has 0 aliphatic carbocycles. The third kappa shape index (κ3) is 6.07. The van der Waals surface area contributed by atoms with Crippen molar-refractivity contribution in [1.29, 1.82) is 0 Å². The van der Waals surface area contributed by atoms with Crippen molar-refractivity contribution in [3.63, 3.8) is 0 Å². The summed E-state index contributed by atoms with van der Waals surface area (Å²) in [6.07, 6.45) is 5.01. The normalized spacial score (nSPS) is 17.0. The molecule has 1 N–H and O–H groups in total. The average molecular weight is 361 g/mol. The summed E-state index contributed by atoms with van der Waals surface area (Å²) in [6, 6.07) is 7.34. The molecule has 0 bridgehead atoms. The largest absolute Gasteiger partial charge is 0.303 e. The number of nitrogens with zero attached hydrogens (tertiary/aromatic N) is 1. The molecule has 1 aliphatic heterocycles. The van der Waals surface area contributed by atoms with Gasteiger partial charge in [0, 0.05) is 6.04 Å². The van der Waals surface area contributed by atoms with Crippen molar-refractivity contribution in [2.75, 3.05) is 19.6 Å². The minimum Gasteiger partial charge on any atom is -0.303 e. The van der Waals surface area contributed by atoms with Crippen LogP contribution in [0.25, 0.3) is 0 Å². The molecule has 1 heterocycles. The van der Waals surface area contributed by atoms with E-state index in [4.69, 9.17) is 0 Å². The van der Waals surface area contributed by atoms with E-state index >= 15 is 0 Å². The van der Waals surface area contributed by atoms with Gasteiger partial charge in [-0.15, -0.1) is 12.4 Å². The maximum atomic E-state index is 12.5. The lowest BCUT2D eigenvalue weighted by Gasteiger charge is -2.31. The van der Waals surface area contributed by atoms with Crippen LogP contribution >= 0.6 is 12.4 Å². The van der Waals surface area contributed by atoms with Gasteiger partial charge < -0.3 is 4.90 Å². The maximum Gasteiger partial charge on any atom is 0.240 e. The first-order valence-corrected chi connectivity index (χ1v) is 9.87. The Morgan fingerprint density at radius 3 is 2.22 bits per heavy atom. The van der Waals surface area contributed by atoms with Gasteiger partial charge in [-0.2, -0.15) is 0 Å². The summed E-state index contributed by atoms with van der Waals surface area (Å²) in [4.78, 5) is 2.79. The molecule has 1 saturated heterocycles. The van der Waals surface area contributed by atoms with Gasteiger partial charge in [0.25, 0.3) is 0 Å². The molecule has 23 heavy (non-hydrogen) atoms. The first-order chi connectivity index (χ1) is 10.5. The third-order valence-electron chi connectivity index (χ3n) is 4.22. The van der Waals surface area contributed by atoms with E-state index in [0.717, 1.165) is 51.7 Å². The number of halogens is 1. The molecule has 1 aromatic rings. The standard InChI is InChI=1S/C17H28N2O2S.ClH/c1-3-5-15-6-8-17(9-7-15)22(20,21)18-16-10-13-19(12-4-2)14-11-16;/h6-9,16,18H,3-5,10-14H2,1-2H3;1H. The zero-order chi connectivity index (χ0) is 16.0. The SMILES string of the molecule is CCCc1ccc(S(=O)(=O)NC2CCN(CCC)CC2)cc1.Cl. The van der Waals surface area contributed by atoms with Gasteiger partial charge in [-0.25, -0.2) is 13.1 Å². The highest BCUT2D eigenvalue weighted by Crippen LogP contribution is 2.16. The number of hydrogen-bond donors (Lipinski definition) is 1. The van der Waals surface area contributed by atoms with E-state index in [9.17, 15) is 8.42 Å². The molecule has 1 fully saturated rings. The summed E-state index contributed by atoms with van der Waals surface area (Å²) in [7, 11) is -3.39. The predicted molar refractivity (Wildman–Crippen MR) is 97.8 cm³/mol. The fourth-order valence-corrected chi connectivity index (χ4v) is 4.31. The zero-order valence-corrected chi connectivity index (χ0v) is 15.8. The Hall–Kier alpha value is -0.620.